The molecule has 0 radical (unpaired) electrons. The van der Waals surface area contributed by atoms with E-state index in [1.54, 1.807) is 16.0 Å². The molecule has 148 valence electrons. The highest BCUT2D eigenvalue weighted by Crippen LogP contribution is 2.48. The van der Waals surface area contributed by atoms with Crippen LogP contribution in [0, 0.1) is 6.92 Å². The van der Waals surface area contributed by atoms with Crippen molar-refractivity contribution in [3.8, 4) is 0 Å². The van der Waals surface area contributed by atoms with Crippen molar-refractivity contribution in [1.29, 1.82) is 0 Å². The van der Waals surface area contributed by atoms with Crippen molar-refractivity contribution in [2.75, 3.05) is 0 Å². The number of hydrogen-bond donors (Lipinski definition) is 1. The Morgan fingerprint density at radius 3 is 2.57 bits per heavy atom. The summed E-state index contributed by atoms with van der Waals surface area (Å²) in [6.07, 6.45) is 3.85. The maximum atomic E-state index is 13.5. The zero-order valence-electron chi connectivity index (χ0n) is 15.5. The van der Waals surface area contributed by atoms with Crippen LogP contribution in [0.2, 0.25) is 0 Å². The van der Waals surface area contributed by atoms with Crippen LogP contribution in [0.4, 0.5) is 8.78 Å². The van der Waals surface area contributed by atoms with Gasteiger partial charge in [-0.25, -0.2) is 23.4 Å². The summed E-state index contributed by atoms with van der Waals surface area (Å²) in [6.45, 7) is 1.99. The summed E-state index contributed by atoms with van der Waals surface area (Å²) in [5.74, 6) is -1.56. The molecule has 3 heterocycles. The van der Waals surface area contributed by atoms with Crippen molar-refractivity contribution >= 4 is 22.4 Å². The second kappa shape index (κ2) is 6.43. The molecule has 0 aliphatic heterocycles. The largest absolute Gasteiger partial charge is 0.310 e. The van der Waals surface area contributed by atoms with Gasteiger partial charge in [0.2, 0.25) is 5.92 Å². The van der Waals surface area contributed by atoms with Gasteiger partial charge in [-0.3, -0.25) is 4.79 Å². The van der Waals surface area contributed by atoms with Gasteiger partial charge in [-0.2, -0.15) is 5.10 Å². The summed E-state index contributed by atoms with van der Waals surface area (Å²) in [5, 5.41) is 7.86. The number of hydrogen-bond acceptors (Lipinski definition) is 5. The van der Waals surface area contributed by atoms with E-state index in [0.29, 0.717) is 29.7 Å². The van der Waals surface area contributed by atoms with E-state index in [1.807, 2.05) is 6.92 Å². The molecule has 3 aromatic rings. The number of H-pyrrole nitrogens is 1. The summed E-state index contributed by atoms with van der Waals surface area (Å²) in [7, 11) is 0. The molecule has 2 aliphatic rings. The summed E-state index contributed by atoms with van der Waals surface area (Å²) in [6, 6.07) is -0.141. The van der Waals surface area contributed by atoms with E-state index in [0.717, 1.165) is 23.5 Å². The van der Waals surface area contributed by atoms with Gasteiger partial charge in [0.05, 0.1) is 22.9 Å². The number of alkyl halides is 2. The van der Waals surface area contributed by atoms with Gasteiger partial charge in [0, 0.05) is 30.1 Å². The number of thiazole rings is 1. The van der Waals surface area contributed by atoms with Crippen LogP contribution in [-0.2, 0) is 0 Å². The van der Waals surface area contributed by atoms with Gasteiger partial charge in [0.1, 0.15) is 11.2 Å². The summed E-state index contributed by atoms with van der Waals surface area (Å²) < 4.78 is 28.7. The van der Waals surface area contributed by atoms with Crippen molar-refractivity contribution in [1.82, 2.24) is 24.7 Å². The zero-order chi connectivity index (χ0) is 19.5. The zero-order valence-corrected chi connectivity index (χ0v) is 16.3. The average Bonchev–Trinajstić information content (AvgIpc) is 3.21. The Bertz CT molecular complexity index is 1080. The lowest BCUT2D eigenvalue weighted by molar-refractivity contribution is -0.0446. The molecule has 2 fully saturated rings. The molecule has 28 heavy (non-hydrogen) atoms. The number of aromatic amines is 1. The summed E-state index contributed by atoms with van der Waals surface area (Å²) in [5.41, 5.74) is 1.35. The third kappa shape index (κ3) is 2.96. The molecule has 9 heteroatoms. The van der Waals surface area contributed by atoms with Crippen molar-refractivity contribution in [3.63, 3.8) is 0 Å². The molecular weight excluding hydrogens is 384 g/mol. The first-order chi connectivity index (χ1) is 13.4. The maximum Gasteiger partial charge on any atom is 0.262 e. The molecular formula is C19H21F2N5OS. The fourth-order valence-corrected chi connectivity index (χ4v) is 5.07. The lowest BCUT2D eigenvalue weighted by atomic mass is 9.71. The monoisotopic (exact) mass is 405 g/mol. The normalized spacial score (nSPS) is 25.1. The van der Waals surface area contributed by atoms with Gasteiger partial charge < -0.3 is 4.98 Å². The van der Waals surface area contributed by atoms with E-state index in [-0.39, 0.29) is 36.3 Å². The summed E-state index contributed by atoms with van der Waals surface area (Å²) in [4.78, 5) is 24.9. The Morgan fingerprint density at radius 1 is 1.18 bits per heavy atom. The lowest BCUT2D eigenvalue weighted by Crippen LogP contribution is -2.28. The Hall–Kier alpha value is -2.16. The molecule has 2 saturated carbocycles. The molecule has 0 aromatic carbocycles. The van der Waals surface area contributed by atoms with Crippen LogP contribution in [-0.4, -0.2) is 30.7 Å². The highest BCUT2D eigenvalue weighted by atomic mass is 32.1. The molecule has 0 amide bonds. The van der Waals surface area contributed by atoms with Crippen molar-refractivity contribution < 1.29 is 8.78 Å². The minimum absolute atomic E-state index is 0.123. The van der Waals surface area contributed by atoms with Gasteiger partial charge in [0.15, 0.2) is 5.65 Å². The second-order valence-electron chi connectivity index (χ2n) is 7.95. The molecule has 3 aromatic heterocycles. The number of rotatable bonds is 3. The number of nitrogens with zero attached hydrogens (tertiary/aromatic N) is 4. The molecule has 1 N–H and O–H groups in total. The van der Waals surface area contributed by atoms with Crippen LogP contribution in [0.15, 0.2) is 16.4 Å². The molecule has 2 atom stereocenters. The SMILES string of the molecule is Cc1nc([C@@H]2CC[C@H]2c2nc3c(cnn3C3CCC(F)(F)CC3)c(=O)[nH]2)cs1. The first-order valence-corrected chi connectivity index (χ1v) is 10.6. The van der Waals surface area contributed by atoms with E-state index in [1.165, 1.54) is 6.20 Å². The average molecular weight is 405 g/mol. The van der Waals surface area contributed by atoms with Crippen LogP contribution in [0.1, 0.15) is 72.9 Å². The van der Waals surface area contributed by atoms with Crippen molar-refractivity contribution in [2.45, 2.75) is 69.2 Å². The number of fused-ring (bicyclic) bond motifs is 1. The van der Waals surface area contributed by atoms with Crippen LogP contribution in [0.5, 0.6) is 0 Å². The molecule has 0 spiro atoms. The molecule has 6 nitrogen and oxygen atoms in total. The van der Waals surface area contributed by atoms with Gasteiger partial charge >= 0.3 is 0 Å². The Morgan fingerprint density at radius 2 is 1.93 bits per heavy atom. The number of aromatic nitrogens is 5. The Balaban J connectivity index is 1.49. The van der Waals surface area contributed by atoms with E-state index in [4.69, 9.17) is 4.98 Å². The van der Waals surface area contributed by atoms with Crippen LogP contribution in [0.3, 0.4) is 0 Å². The summed E-state index contributed by atoms with van der Waals surface area (Å²) >= 11 is 1.63. The smallest absolute Gasteiger partial charge is 0.262 e. The van der Waals surface area contributed by atoms with Crippen LogP contribution >= 0.6 is 11.3 Å². The lowest BCUT2D eigenvalue weighted by Gasteiger charge is -2.34. The quantitative estimate of drug-likeness (QED) is 0.705. The molecule has 0 bridgehead atoms. The van der Waals surface area contributed by atoms with E-state index >= 15 is 0 Å². The fourth-order valence-electron chi connectivity index (χ4n) is 4.40. The van der Waals surface area contributed by atoms with Crippen molar-refractivity contribution in [3.05, 3.63) is 38.5 Å². The fraction of sp³-hybridized carbons (Fsp3) is 0.579. The minimum Gasteiger partial charge on any atom is -0.310 e. The predicted octanol–water partition coefficient (Wildman–Crippen LogP) is 4.30. The van der Waals surface area contributed by atoms with Crippen LogP contribution in [0.25, 0.3) is 11.0 Å². The number of nitrogens with one attached hydrogen (secondary N) is 1. The number of aryl methyl sites for hydroxylation is 1. The first kappa shape index (κ1) is 17.9. The minimum atomic E-state index is -2.60. The van der Waals surface area contributed by atoms with Gasteiger partial charge in [-0.15, -0.1) is 11.3 Å². The number of halogens is 2. The third-order valence-electron chi connectivity index (χ3n) is 6.16. The highest BCUT2D eigenvalue weighted by molar-refractivity contribution is 7.09. The predicted molar refractivity (Wildman–Crippen MR) is 102 cm³/mol. The molecule has 0 saturated heterocycles. The highest BCUT2D eigenvalue weighted by Gasteiger charge is 2.38. The van der Waals surface area contributed by atoms with Gasteiger partial charge in [-0.05, 0) is 32.6 Å². The van der Waals surface area contributed by atoms with Crippen LogP contribution < -0.4 is 5.56 Å². The van der Waals surface area contributed by atoms with Gasteiger partial charge in [0.25, 0.3) is 5.56 Å². The van der Waals surface area contributed by atoms with E-state index in [2.05, 4.69) is 20.4 Å². The second-order valence-corrected chi connectivity index (χ2v) is 9.01. The topological polar surface area (TPSA) is 76.5 Å². The molecule has 2 aliphatic carbocycles. The van der Waals surface area contributed by atoms with E-state index < -0.39 is 5.92 Å². The van der Waals surface area contributed by atoms with Crippen molar-refractivity contribution in [2.24, 2.45) is 0 Å². The first-order valence-electron chi connectivity index (χ1n) is 9.68. The Labute approximate surface area is 164 Å². The third-order valence-corrected chi connectivity index (χ3v) is 6.95. The molecule has 5 rings (SSSR count). The maximum absolute atomic E-state index is 13.5. The Kier molecular flexibility index (Phi) is 4.12. The van der Waals surface area contributed by atoms with Gasteiger partial charge in [-0.1, -0.05) is 0 Å². The molecule has 0 unspecified atom stereocenters. The standard InChI is InChI=1S/C19H21F2N5OS/c1-10-23-15(9-28-10)12-2-3-13(12)16-24-17-14(18(27)25-16)8-22-26(17)11-4-6-19(20,21)7-5-11/h8-9,11-13H,2-7H2,1H3,(H,24,25,27)/t12-,13-/m1/s1. The van der Waals surface area contributed by atoms with E-state index in [9.17, 15) is 13.6 Å².